The molecule has 0 amide bonds. The van der Waals surface area contributed by atoms with Crippen molar-refractivity contribution in [2.75, 3.05) is 18.0 Å². The number of sulfonamides is 1. The number of fused-ring (bicyclic) bond motifs is 1. The number of halogens is 4. The van der Waals surface area contributed by atoms with Gasteiger partial charge in [0.05, 0.1) is 23.7 Å². The molecular weight excluding hydrogens is 486 g/mol. The van der Waals surface area contributed by atoms with E-state index in [1.54, 1.807) is 6.07 Å². The number of nitrogens with one attached hydrogen (secondary N) is 1. The van der Waals surface area contributed by atoms with Crippen LogP contribution in [0, 0.1) is 0 Å². The lowest BCUT2D eigenvalue weighted by Crippen LogP contribution is -2.19. The van der Waals surface area contributed by atoms with E-state index in [9.17, 15) is 26.0 Å². The first-order chi connectivity index (χ1) is 16.7. The summed E-state index contributed by atoms with van der Waals surface area (Å²) in [5.74, 6) is 0.175. The van der Waals surface area contributed by atoms with E-state index >= 15 is 0 Å². The summed E-state index contributed by atoms with van der Waals surface area (Å²) in [6.07, 6.45) is -0.354. The number of ether oxygens (including phenoxy) is 1. The molecule has 1 atom stereocenters. The number of rotatable bonds is 8. The zero-order valence-electron chi connectivity index (χ0n) is 18.6. The fraction of sp³-hybridized carbons (Fsp3) is 0.333. The predicted molar refractivity (Wildman–Crippen MR) is 122 cm³/mol. The molecule has 0 saturated carbocycles. The summed E-state index contributed by atoms with van der Waals surface area (Å²) in [6, 6.07) is 9.51. The van der Waals surface area contributed by atoms with Gasteiger partial charge >= 0.3 is 6.18 Å². The standard InChI is InChI=1S/C24H23F4N3O3S/c25-10-2-1-3-16-13-17(24(26,27)28)4-6-19(16)20-9-12-34-22-14-18(5-7-21(20)22)35(32,33)31-23-8-11-29-15-30-23/h4-8,11,13-15,20H,1-3,9-10,12H2,(H,29,30,31). The van der Waals surface area contributed by atoms with Gasteiger partial charge in [-0.15, -0.1) is 0 Å². The van der Waals surface area contributed by atoms with E-state index in [2.05, 4.69) is 14.7 Å². The van der Waals surface area contributed by atoms with Crippen LogP contribution in [0.25, 0.3) is 0 Å². The molecule has 1 aliphatic rings. The van der Waals surface area contributed by atoms with Crippen molar-refractivity contribution >= 4 is 15.8 Å². The molecule has 0 aliphatic carbocycles. The highest BCUT2D eigenvalue weighted by atomic mass is 32.2. The highest BCUT2D eigenvalue weighted by Gasteiger charge is 2.33. The minimum absolute atomic E-state index is 0.0360. The Bertz CT molecular complexity index is 1280. The minimum Gasteiger partial charge on any atom is -0.493 e. The molecule has 2 aromatic carbocycles. The summed E-state index contributed by atoms with van der Waals surface area (Å²) in [5.41, 5.74) is 1.15. The number of aryl methyl sites for hydroxylation is 1. The van der Waals surface area contributed by atoms with Crippen LogP contribution in [0.3, 0.4) is 0 Å². The molecule has 0 bridgehead atoms. The first-order valence-electron chi connectivity index (χ1n) is 11.0. The third-order valence-corrected chi connectivity index (χ3v) is 7.18. The second-order valence-electron chi connectivity index (χ2n) is 8.15. The number of aromatic nitrogens is 2. The number of benzene rings is 2. The third-order valence-electron chi connectivity index (χ3n) is 5.83. The van der Waals surface area contributed by atoms with Gasteiger partial charge in [0.15, 0.2) is 0 Å². The monoisotopic (exact) mass is 509 g/mol. The Kier molecular flexibility index (Phi) is 7.25. The Morgan fingerprint density at radius 3 is 2.57 bits per heavy atom. The summed E-state index contributed by atoms with van der Waals surface area (Å²) in [7, 11) is -3.95. The quantitative estimate of drug-likeness (QED) is 0.320. The van der Waals surface area contributed by atoms with Crippen molar-refractivity contribution in [3.63, 3.8) is 0 Å². The lowest BCUT2D eigenvalue weighted by Gasteiger charge is -2.29. The second kappa shape index (κ2) is 10.2. The molecule has 0 saturated heterocycles. The first-order valence-corrected chi connectivity index (χ1v) is 12.5. The Hall–Kier alpha value is -3.21. The van der Waals surface area contributed by atoms with E-state index in [0.717, 1.165) is 12.1 Å². The molecule has 186 valence electrons. The van der Waals surface area contributed by atoms with Gasteiger partial charge in [-0.25, -0.2) is 18.4 Å². The van der Waals surface area contributed by atoms with Gasteiger partial charge in [0.2, 0.25) is 0 Å². The van der Waals surface area contributed by atoms with Crippen LogP contribution in [0.1, 0.15) is 47.4 Å². The molecule has 1 aliphatic heterocycles. The van der Waals surface area contributed by atoms with Gasteiger partial charge in [0.1, 0.15) is 17.9 Å². The van der Waals surface area contributed by atoms with Gasteiger partial charge in [0, 0.05) is 23.7 Å². The summed E-state index contributed by atoms with van der Waals surface area (Å²) in [4.78, 5) is 7.57. The van der Waals surface area contributed by atoms with Crippen LogP contribution in [0.2, 0.25) is 0 Å². The van der Waals surface area contributed by atoms with Crippen molar-refractivity contribution in [2.45, 2.75) is 42.7 Å². The van der Waals surface area contributed by atoms with E-state index in [4.69, 9.17) is 4.74 Å². The molecule has 0 radical (unpaired) electrons. The van der Waals surface area contributed by atoms with Gasteiger partial charge in [-0.3, -0.25) is 9.11 Å². The Labute approximate surface area is 200 Å². The van der Waals surface area contributed by atoms with Crippen LogP contribution >= 0.6 is 0 Å². The minimum atomic E-state index is -4.49. The molecule has 0 spiro atoms. The van der Waals surface area contributed by atoms with Crippen LogP contribution in [-0.4, -0.2) is 31.7 Å². The van der Waals surface area contributed by atoms with E-state index in [-0.39, 0.29) is 29.7 Å². The molecule has 11 heteroatoms. The van der Waals surface area contributed by atoms with Crippen molar-refractivity contribution in [1.29, 1.82) is 0 Å². The number of alkyl halides is 4. The van der Waals surface area contributed by atoms with Gasteiger partial charge < -0.3 is 4.74 Å². The molecule has 0 fully saturated rings. The fourth-order valence-corrected chi connectivity index (χ4v) is 5.18. The summed E-state index contributed by atoms with van der Waals surface area (Å²) < 4.78 is 86.3. The molecule has 2 heterocycles. The van der Waals surface area contributed by atoms with E-state index < -0.39 is 28.4 Å². The molecule has 6 nitrogen and oxygen atoms in total. The molecule has 1 N–H and O–H groups in total. The molecule has 1 aromatic heterocycles. The van der Waals surface area contributed by atoms with Crippen LogP contribution in [0.4, 0.5) is 23.4 Å². The summed E-state index contributed by atoms with van der Waals surface area (Å²) >= 11 is 0. The van der Waals surface area contributed by atoms with Gasteiger partial charge in [-0.05, 0) is 61.1 Å². The second-order valence-corrected chi connectivity index (χ2v) is 9.83. The van der Waals surface area contributed by atoms with Crippen molar-refractivity contribution in [3.05, 3.63) is 77.2 Å². The van der Waals surface area contributed by atoms with Gasteiger partial charge in [0.25, 0.3) is 10.0 Å². The van der Waals surface area contributed by atoms with Crippen LogP contribution in [0.5, 0.6) is 5.75 Å². The van der Waals surface area contributed by atoms with Crippen molar-refractivity contribution in [3.8, 4) is 5.75 Å². The van der Waals surface area contributed by atoms with E-state index in [1.807, 2.05) is 0 Å². The van der Waals surface area contributed by atoms with E-state index in [0.29, 0.717) is 41.7 Å². The zero-order valence-corrected chi connectivity index (χ0v) is 19.4. The number of unbranched alkanes of at least 4 members (excludes halogenated alkanes) is 1. The average molecular weight is 510 g/mol. The normalized spacial score (nSPS) is 15.8. The van der Waals surface area contributed by atoms with Crippen LogP contribution in [-0.2, 0) is 22.6 Å². The predicted octanol–water partition coefficient (Wildman–Crippen LogP) is 5.50. The van der Waals surface area contributed by atoms with Crippen molar-refractivity contribution < 1.29 is 30.7 Å². The highest BCUT2D eigenvalue weighted by Crippen LogP contribution is 2.42. The van der Waals surface area contributed by atoms with Crippen molar-refractivity contribution in [1.82, 2.24) is 9.97 Å². The Morgan fingerprint density at radius 2 is 1.86 bits per heavy atom. The Balaban J connectivity index is 1.68. The first kappa shape index (κ1) is 24.9. The third kappa shape index (κ3) is 5.72. The fourth-order valence-electron chi connectivity index (χ4n) is 4.16. The smallest absolute Gasteiger partial charge is 0.416 e. The lowest BCUT2D eigenvalue weighted by molar-refractivity contribution is -0.137. The number of hydrogen-bond donors (Lipinski definition) is 1. The SMILES string of the molecule is O=S(=O)(Nc1ccncn1)c1ccc2c(c1)OCCC2c1ccc(C(F)(F)F)cc1CCCCF. The average Bonchev–Trinajstić information content (AvgIpc) is 2.83. The Morgan fingerprint density at radius 1 is 1.06 bits per heavy atom. The molecule has 35 heavy (non-hydrogen) atoms. The maximum atomic E-state index is 13.3. The topological polar surface area (TPSA) is 81.2 Å². The van der Waals surface area contributed by atoms with Crippen LogP contribution < -0.4 is 9.46 Å². The zero-order chi connectivity index (χ0) is 25.1. The number of nitrogens with zero attached hydrogens (tertiary/aromatic N) is 2. The number of anilines is 1. The van der Waals surface area contributed by atoms with Gasteiger partial charge in [-0.2, -0.15) is 13.2 Å². The van der Waals surface area contributed by atoms with Gasteiger partial charge in [-0.1, -0.05) is 12.1 Å². The van der Waals surface area contributed by atoms with Crippen molar-refractivity contribution in [2.24, 2.45) is 0 Å². The molecule has 4 rings (SSSR count). The maximum Gasteiger partial charge on any atom is 0.416 e. The van der Waals surface area contributed by atoms with Crippen LogP contribution in [0.15, 0.2) is 59.9 Å². The van der Waals surface area contributed by atoms with E-state index in [1.165, 1.54) is 36.8 Å². The number of hydrogen-bond acceptors (Lipinski definition) is 5. The largest absolute Gasteiger partial charge is 0.493 e. The molecule has 3 aromatic rings. The summed E-state index contributed by atoms with van der Waals surface area (Å²) in [6.45, 7) is -0.264. The maximum absolute atomic E-state index is 13.3. The molecule has 1 unspecified atom stereocenters. The lowest BCUT2D eigenvalue weighted by atomic mass is 9.82. The molecular formula is C24H23F4N3O3S. The highest BCUT2D eigenvalue weighted by molar-refractivity contribution is 7.92. The summed E-state index contributed by atoms with van der Waals surface area (Å²) in [5, 5.41) is 0.